The first-order valence-electron chi connectivity index (χ1n) is 7.66. The number of aryl methyl sites for hydroxylation is 1. The highest BCUT2D eigenvalue weighted by Gasteiger charge is 2.22. The first kappa shape index (κ1) is 14.4. The summed E-state index contributed by atoms with van der Waals surface area (Å²) in [5.41, 5.74) is 1.88. The largest absolute Gasteiger partial charge is 0.476 e. The molecule has 0 spiro atoms. The molecule has 5 nitrogen and oxygen atoms in total. The lowest BCUT2D eigenvalue weighted by atomic mass is 10.1. The lowest BCUT2D eigenvalue weighted by molar-refractivity contribution is 0.206. The average molecular weight is 317 g/mol. The second-order valence-corrected chi connectivity index (χ2v) is 5.43. The highest BCUT2D eigenvalue weighted by atomic mass is 16.5. The van der Waals surface area contributed by atoms with Crippen molar-refractivity contribution in [3.63, 3.8) is 0 Å². The smallest absolute Gasteiger partial charge is 0.261 e. The standard InChI is InChI=1S/C19H15N3O2/c1-13-21-22-19(23-13)18(14-6-3-2-4-7-14)24-16-9-10-17-15(12-16)8-5-11-20-17/h2-12,18H,1H3. The lowest BCUT2D eigenvalue weighted by Crippen LogP contribution is -2.10. The highest BCUT2D eigenvalue weighted by Crippen LogP contribution is 2.29. The van der Waals surface area contributed by atoms with Crippen molar-refractivity contribution in [1.82, 2.24) is 15.2 Å². The van der Waals surface area contributed by atoms with Crippen LogP contribution in [0.15, 0.2) is 71.3 Å². The van der Waals surface area contributed by atoms with Gasteiger partial charge < -0.3 is 9.15 Å². The van der Waals surface area contributed by atoms with Crippen LogP contribution < -0.4 is 4.74 Å². The van der Waals surface area contributed by atoms with Crippen LogP contribution in [0.1, 0.15) is 23.4 Å². The summed E-state index contributed by atoms with van der Waals surface area (Å²) < 4.78 is 11.8. The number of hydrogen-bond donors (Lipinski definition) is 0. The second kappa shape index (κ2) is 6.12. The fourth-order valence-corrected chi connectivity index (χ4v) is 2.57. The lowest BCUT2D eigenvalue weighted by Gasteiger charge is -2.16. The summed E-state index contributed by atoms with van der Waals surface area (Å²) in [5, 5.41) is 9.06. The maximum absolute atomic E-state index is 6.18. The molecule has 0 aliphatic heterocycles. The predicted molar refractivity (Wildman–Crippen MR) is 89.7 cm³/mol. The van der Waals surface area contributed by atoms with Gasteiger partial charge in [-0.15, -0.1) is 10.2 Å². The molecule has 1 unspecified atom stereocenters. The molecular formula is C19H15N3O2. The Morgan fingerprint density at radius 2 is 1.83 bits per heavy atom. The van der Waals surface area contributed by atoms with Gasteiger partial charge in [-0.25, -0.2) is 0 Å². The van der Waals surface area contributed by atoms with Crippen LogP contribution in [0.25, 0.3) is 10.9 Å². The van der Waals surface area contributed by atoms with Crippen LogP contribution in [-0.4, -0.2) is 15.2 Å². The van der Waals surface area contributed by atoms with Gasteiger partial charge in [-0.05, 0) is 24.3 Å². The van der Waals surface area contributed by atoms with E-state index in [1.54, 1.807) is 13.1 Å². The van der Waals surface area contributed by atoms with E-state index in [9.17, 15) is 0 Å². The van der Waals surface area contributed by atoms with Gasteiger partial charge in [0, 0.05) is 24.1 Å². The first-order chi connectivity index (χ1) is 11.8. The Morgan fingerprint density at radius 3 is 2.62 bits per heavy atom. The Balaban J connectivity index is 1.73. The summed E-state index contributed by atoms with van der Waals surface area (Å²) in [6.07, 6.45) is 1.32. The molecule has 0 radical (unpaired) electrons. The first-order valence-corrected chi connectivity index (χ1v) is 7.66. The Hall–Kier alpha value is -3.21. The number of pyridine rings is 1. The maximum Gasteiger partial charge on any atom is 0.261 e. The van der Waals surface area contributed by atoms with Gasteiger partial charge in [0.1, 0.15) is 5.75 Å². The second-order valence-electron chi connectivity index (χ2n) is 5.43. The Labute approximate surface area is 138 Å². The molecule has 0 fully saturated rings. The number of fused-ring (bicyclic) bond motifs is 1. The van der Waals surface area contributed by atoms with Crippen LogP contribution in [0.3, 0.4) is 0 Å². The third-order valence-electron chi connectivity index (χ3n) is 3.70. The van der Waals surface area contributed by atoms with E-state index in [1.165, 1.54) is 0 Å². The van der Waals surface area contributed by atoms with Crippen molar-refractivity contribution in [3.8, 4) is 5.75 Å². The van der Waals surface area contributed by atoms with Crippen LogP contribution in [-0.2, 0) is 0 Å². The summed E-state index contributed by atoms with van der Waals surface area (Å²) in [6, 6.07) is 19.5. The minimum atomic E-state index is -0.457. The monoisotopic (exact) mass is 317 g/mol. The number of aromatic nitrogens is 3. The van der Waals surface area contributed by atoms with Crippen molar-refractivity contribution < 1.29 is 9.15 Å². The number of benzene rings is 2. The van der Waals surface area contributed by atoms with Crippen LogP contribution in [0.4, 0.5) is 0 Å². The maximum atomic E-state index is 6.18. The van der Waals surface area contributed by atoms with Crippen molar-refractivity contribution in [2.24, 2.45) is 0 Å². The molecule has 0 bridgehead atoms. The van der Waals surface area contributed by atoms with Crippen molar-refractivity contribution in [1.29, 1.82) is 0 Å². The number of ether oxygens (including phenoxy) is 1. The normalized spacial score (nSPS) is 12.2. The third kappa shape index (κ3) is 2.84. The van der Waals surface area contributed by atoms with E-state index in [2.05, 4.69) is 15.2 Å². The molecule has 4 rings (SSSR count). The molecule has 0 saturated carbocycles. The molecule has 0 amide bonds. The van der Waals surface area contributed by atoms with Gasteiger partial charge in [0.25, 0.3) is 5.89 Å². The third-order valence-corrected chi connectivity index (χ3v) is 3.70. The van der Waals surface area contributed by atoms with Gasteiger partial charge in [-0.2, -0.15) is 0 Å². The summed E-state index contributed by atoms with van der Waals surface area (Å²) in [6.45, 7) is 1.76. The van der Waals surface area contributed by atoms with Crippen LogP contribution in [0, 0.1) is 6.92 Å². The Bertz CT molecular complexity index is 966. The molecule has 5 heteroatoms. The number of nitrogens with zero attached hydrogens (tertiary/aromatic N) is 3. The van der Waals surface area contributed by atoms with E-state index in [0.717, 1.165) is 22.2 Å². The van der Waals surface area contributed by atoms with E-state index in [4.69, 9.17) is 9.15 Å². The van der Waals surface area contributed by atoms with E-state index >= 15 is 0 Å². The average Bonchev–Trinajstić information content (AvgIpc) is 3.06. The van der Waals surface area contributed by atoms with Crippen LogP contribution in [0.5, 0.6) is 5.75 Å². The summed E-state index contributed by atoms with van der Waals surface area (Å²) in [7, 11) is 0. The van der Waals surface area contributed by atoms with E-state index in [-0.39, 0.29) is 0 Å². The zero-order valence-corrected chi connectivity index (χ0v) is 13.1. The summed E-state index contributed by atoms with van der Waals surface area (Å²) in [4.78, 5) is 4.32. The minimum absolute atomic E-state index is 0.435. The molecule has 0 aliphatic rings. The van der Waals surface area contributed by atoms with E-state index in [1.807, 2.05) is 60.7 Å². The molecule has 2 heterocycles. The molecule has 118 valence electrons. The van der Waals surface area contributed by atoms with Gasteiger partial charge in [0.05, 0.1) is 5.52 Å². The molecule has 24 heavy (non-hydrogen) atoms. The van der Waals surface area contributed by atoms with Gasteiger partial charge in [0.15, 0.2) is 0 Å². The van der Waals surface area contributed by atoms with Crippen LogP contribution >= 0.6 is 0 Å². The van der Waals surface area contributed by atoms with Crippen LogP contribution in [0.2, 0.25) is 0 Å². The van der Waals surface area contributed by atoms with Crippen molar-refractivity contribution in [2.45, 2.75) is 13.0 Å². The zero-order chi connectivity index (χ0) is 16.4. The fourth-order valence-electron chi connectivity index (χ4n) is 2.57. The van der Waals surface area contributed by atoms with Crippen molar-refractivity contribution >= 4 is 10.9 Å². The Kier molecular flexibility index (Phi) is 3.67. The highest BCUT2D eigenvalue weighted by molar-refractivity contribution is 5.79. The molecule has 0 saturated heterocycles. The molecule has 2 aromatic heterocycles. The van der Waals surface area contributed by atoms with Crippen molar-refractivity contribution in [2.75, 3.05) is 0 Å². The van der Waals surface area contributed by atoms with Gasteiger partial charge in [0.2, 0.25) is 12.0 Å². The molecule has 4 aromatic rings. The molecule has 1 atom stereocenters. The Morgan fingerprint density at radius 1 is 0.958 bits per heavy atom. The molecule has 2 aromatic carbocycles. The van der Waals surface area contributed by atoms with Gasteiger partial charge in [-0.3, -0.25) is 4.98 Å². The number of rotatable bonds is 4. The zero-order valence-electron chi connectivity index (χ0n) is 13.1. The van der Waals surface area contributed by atoms with Crippen molar-refractivity contribution in [3.05, 3.63) is 84.2 Å². The topological polar surface area (TPSA) is 61.0 Å². The molecule has 0 aliphatic carbocycles. The van der Waals surface area contributed by atoms with Gasteiger partial charge in [-0.1, -0.05) is 36.4 Å². The summed E-state index contributed by atoms with van der Waals surface area (Å²) in [5.74, 6) is 1.67. The van der Waals surface area contributed by atoms with Gasteiger partial charge >= 0.3 is 0 Å². The predicted octanol–water partition coefficient (Wildman–Crippen LogP) is 4.09. The number of hydrogen-bond acceptors (Lipinski definition) is 5. The summed E-state index contributed by atoms with van der Waals surface area (Å²) >= 11 is 0. The molecule has 0 N–H and O–H groups in total. The van der Waals surface area contributed by atoms with E-state index < -0.39 is 6.10 Å². The SMILES string of the molecule is Cc1nnc(C(Oc2ccc3ncccc3c2)c2ccccc2)o1. The fraction of sp³-hybridized carbons (Fsp3) is 0.105. The van der Waals surface area contributed by atoms with E-state index in [0.29, 0.717) is 11.8 Å². The quantitative estimate of drug-likeness (QED) is 0.567. The minimum Gasteiger partial charge on any atom is -0.476 e. The molecular weight excluding hydrogens is 302 g/mol.